The van der Waals surface area contributed by atoms with E-state index < -0.39 is 0 Å². The van der Waals surface area contributed by atoms with Crippen molar-refractivity contribution in [3.8, 4) is 0 Å². The number of hydrogen-bond acceptors (Lipinski definition) is 2. The van der Waals surface area contributed by atoms with Crippen molar-refractivity contribution in [3.63, 3.8) is 0 Å². The van der Waals surface area contributed by atoms with Crippen molar-refractivity contribution in [2.45, 2.75) is 39.2 Å². The van der Waals surface area contributed by atoms with Gasteiger partial charge in [-0.05, 0) is 44.7 Å². The molecule has 3 nitrogen and oxygen atoms in total. The summed E-state index contributed by atoms with van der Waals surface area (Å²) in [6.45, 7) is 2.91. The molecule has 2 aromatic heterocycles. The fourth-order valence-corrected chi connectivity index (χ4v) is 2.50. The summed E-state index contributed by atoms with van der Waals surface area (Å²) in [6.07, 6.45) is 6.60. The Balaban J connectivity index is 1.97. The Bertz CT molecular complexity index is 482. The highest BCUT2D eigenvalue weighted by Gasteiger charge is 2.18. The molecule has 1 aliphatic carbocycles. The SMILES string of the molecule is Cc1nc2c(n1Cc1ccco1)CCCC2. The first-order chi connectivity index (χ1) is 7.84. The second kappa shape index (κ2) is 3.81. The maximum absolute atomic E-state index is 5.40. The largest absolute Gasteiger partial charge is 0.467 e. The normalized spacial score (nSPS) is 15.1. The molecule has 0 bridgehead atoms. The van der Waals surface area contributed by atoms with Gasteiger partial charge >= 0.3 is 0 Å². The lowest BCUT2D eigenvalue weighted by molar-refractivity contribution is 0.483. The smallest absolute Gasteiger partial charge is 0.123 e. The van der Waals surface area contributed by atoms with E-state index in [4.69, 9.17) is 4.42 Å². The van der Waals surface area contributed by atoms with Crippen molar-refractivity contribution in [2.75, 3.05) is 0 Å². The van der Waals surface area contributed by atoms with Gasteiger partial charge in [-0.2, -0.15) is 0 Å². The summed E-state index contributed by atoms with van der Waals surface area (Å²) in [7, 11) is 0. The van der Waals surface area contributed by atoms with E-state index in [1.807, 2.05) is 12.1 Å². The average Bonchev–Trinajstić information content (AvgIpc) is 2.89. The zero-order chi connectivity index (χ0) is 11.0. The Morgan fingerprint density at radius 2 is 2.25 bits per heavy atom. The van der Waals surface area contributed by atoms with Crippen LogP contribution in [-0.4, -0.2) is 9.55 Å². The van der Waals surface area contributed by atoms with Crippen molar-refractivity contribution in [3.05, 3.63) is 41.4 Å². The van der Waals surface area contributed by atoms with Crippen LogP contribution in [0.4, 0.5) is 0 Å². The fourth-order valence-electron chi connectivity index (χ4n) is 2.50. The monoisotopic (exact) mass is 216 g/mol. The summed E-state index contributed by atoms with van der Waals surface area (Å²) in [5.41, 5.74) is 2.72. The molecule has 0 radical (unpaired) electrons. The average molecular weight is 216 g/mol. The Morgan fingerprint density at radius 3 is 3.06 bits per heavy atom. The van der Waals surface area contributed by atoms with E-state index in [0.717, 1.165) is 31.0 Å². The van der Waals surface area contributed by atoms with Crippen LogP contribution in [0.5, 0.6) is 0 Å². The van der Waals surface area contributed by atoms with Crippen LogP contribution in [0.2, 0.25) is 0 Å². The van der Waals surface area contributed by atoms with Crippen LogP contribution in [0.15, 0.2) is 22.8 Å². The van der Waals surface area contributed by atoms with Crippen LogP contribution >= 0.6 is 0 Å². The first-order valence-corrected chi connectivity index (χ1v) is 5.92. The number of aryl methyl sites for hydroxylation is 2. The van der Waals surface area contributed by atoms with Gasteiger partial charge in [0.25, 0.3) is 0 Å². The second-order valence-electron chi connectivity index (χ2n) is 4.43. The van der Waals surface area contributed by atoms with Gasteiger partial charge in [0.15, 0.2) is 0 Å². The molecule has 0 amide bonds. The standard InChI is InChI=1S/C13H16N2O/c1-10-14-12-6-2-3-7-13(12)15(10)9-11-5-4-8-16-11/h4-5,8H,2-3,6-7,9H2,1H3. The molecule has 84 valence electrons. The molecule has 0 fully saturated rings. The lowest BCUT2D eigenvalue weighted by Gasteiger charge is -2.13. The molecule has 0 aromatic carbocycles. The Kier molecular flexibility index (Phi) is 2.31. The summed E-state index contributed by atoms with van der Waals surface area (Å²) >= 11 is 0. The first kappa shape index (κ1) is 9.70. The van der Waals surface area contributed by atoms with Gasteiger partial charge in [0, 0.05) is 5.69 Å². The van der Waals surface area contributed by atoms with E-state index >= 15 is 0 Å². The van der Waals surface area contributed by atoms with Crippen molar-refractivity contribution in [1.82, 2.24) is 9.55 Å². The molecule has 2 aromatic rings. The van der Waals surface area contributed by atoms with Gasteiger partial charge in [0.1, 0.15) is 11.6 Å². The molecule has 0 spiro atoms. The zero-order valence-electron chi connectivity index (χ0n) is 9.57. The third kappa shape index (κ3) is 1.56. The van der Waals surface area contributed by atoms with Crippen LogP contribution in [0.3, 0.4) is 0 Å². The van der Waals surface area contributed by atoms with Gasteiger partial charge in [0.05, 0.1) is 18.5 Å². The third-order valence-electron chi connectivity index (χ3n) is 3.32. The summed E-state index contributed by atoms with van der Waals surface area (Å²) in [5, 5.41) is 0. The van der Waals surface area contributed by atoms with Gasteiger partial charge in [-0.15, -0.1) is 0 Å². The molecule has 3 heteroatoms. The maximum Gasteiger partial charge on any atom is 0.123 e. The number of rotatable bonds is 2. The highest BCUT2D eigenvalue weighted by molar-refractivity contribution is 5.21. The van der Waals surface area contributed by atoms with E-state index in [-0.39, 0.29) is 0 Å². The number of fused-ring (bicyclic) bond motifs is 1. The summed E-state index contributed by atoms with van der Waals surface area (Å²) < 4.78 is 7.70. The molecule has 0 saturated carbocycles. The number of nitrogens with zero attached hydrogens (tertiary/aromatic N) is 2. The predicted molar refractivity (Wildman–Crippen MR) is 61.4 cm³/mol. The van der Waals surface area contributed by atoms with Gasteiger partial charge in [-0.3, -0.25) is 0 Å². The maximum atomic E-state index is 5.40. The molecule has 0 saturated heterocycles. The summed E-state index contributed by atoms with van der Waals surface area (Å²) in [5.74, 6) is 2.12. The minimum Gasteiger partial charge on any atom is -0.467 e. The third-order valence-corrected chi connectivity index (χ3v) is 3.32. The van der Waals surface area contributed by atoms with E-state index in [1.165, 1.54) is 24.2 Å². The predicted octanol–water partition coefficient (Wildman–Crippen LogP) is 2.71. The fraction of sp³-hybridized carbons (Fsp3) is 0.462. The van der Waals surface area contributed by atoms with Crippen molar-refractivity contribution in [2.24, 2.45) is 0 Å². The molecule has 0 atom stereocenters. The number of furan rings is 1. The molecular formula is C13H16N2O. The van der Waals surface area contributed by atoms with Crippen LogP contribution in [-0.2, 0) is 19.4 Å². The molecule has 0 N–H and O–H groups in total. The molecular weight excluding hydrogens is 200 g/mol. The van der Waals surface area contributed by atoms with Gasteiger partial charge < -0.3 is 8.98 Å². The minimum atomic E-state index is 0.821. The van der Waals surface area contributed by atoms with Crippen LogP contribution in [0.25, 0.3) is 0 Å². The van der Waals surface area contributed by atoms with Gasteiger partial charge in [0.2, 0.25) is 0 Å². The number of hydrogen-bond donors (Lipinski definition) is 0. The quantitative estimate of drug-likeness (QED) is 0.772. The number of aromatic nitrogens is 2. The molecule has 0 aliphatic heterocycles. The van der Waals surface area contributed by atoms with E-state index in [2.05, 4.69) is 16.5 Å². The van der Waals surface area contributed by atoms with Crippen molar-refractivity contribution in [1.29, 1.82) is 0 Å². The minimum absolute atomic E-state index is 0.821. The Labute approximate surface area is 95.1 Å². The van der Waals surface area contributed by atoms with Crippen molar-refractivity contribution < 1.29 is 4.42 Å². The van der Waals surface area contributed by atoms with E-state index in [0.29, 0.717) is 0 Å². The highest BCUT2D eigenvalue weighted by Crippen LogP contribution is 2.22. The molecule has 2 heterocycles. The van der Waals surface area contributed by atoms with Crippen LogP contribution < -0.4 is 0 Å². The Morgan fingerprint density at radius 1 is 1.38 bits per heavy atom. The summed E-state index contributed by atoms with van der Waals surface area (Å²) in [6, 6.07) is 3.96. The van der Waals surface area contributed by atoms with E-state index in [9.17, 15) is 0 Å². The van der Waals surface area contributed by atoms with Gasteiger partial charge in [-0.25, -0.2) is 4.98 Å². The Hall–Kier alpha value is -1.51. The van der Waals surface area contributed by atoms with Crippen LogP contribution in [0, 0.1) is 6.92 Å². The van der Waals surface area contributed by atoms with E-state index in [1.54, 1.807) is 6.26 Å². The lowest BCUT2D eigenvalue weighted by Crippen LogP contribution is -2.09. The lowest BCUT2D eigenvalue weighted by atomic mass is 10.0. The molecule has 1 aliphatic rings. The molecule has 16 heavy (non-hydrogen) atoms. The second-order valence-corrected chi connectivity index (χ2v) is 4.43. The van der Waals surface area contributed by atoms with Gasteiger partial charge in [-0.1, -0.05) is 0 Å². The van der Waals surface area contributed by atoms with Crippen molar-refractivity contribution >= 4 is 0 Å². The summed E-state index contributed by atoms with van der Waals surface area (Å²) in [4.78, 5) is 4.65. The molecule has 3 rings (SSSR count). The zero-order valence-corrected chi connectivity index (χ0v) is 9.57. The number of imidazole rings is 1. The van der Waals surface area contributed by atoms with Crippen LogP contribution in [0.1, 0.15) is 35.8 Å². The highest BCUT2D eigenvalue weighted by atomic mass is 16.3. The first-order valence-electron chi connectivity index (χ1n) is 5.92. The topological polar surface area (TPSA) is 31.0 Å². The molecule has 0 unspecified atom stereocenters.